The van der Waals surface area contributed by atoms with E-state index < -0.39 is 0 Å². The van der Waals surface area contributed by atoms with Gasteiger partial charge < -0.3 is 15.1 Å². The van der Waals surface area contributed by atoms with Crippen molar-refractivity contribution in [2.24, 2.45) is 0 Å². The maximum Gasteiger partial charge on any atom is 0.320 e. The molecule has 6 nitrogen and oxygen atoms in total. The lowest BCUT2D eigenvalue weighted by atomic mass is 10.0. The lowest BCUT2D eigenvalue weighted by molar-refractivity contribution is 0.199. The first-order chi connectivity index (χ1) is 11.0. The molecule has 1 aromatic heterocycles. The molecule has 0 amide bonds. The molecule has 1 aliphatic rings. The number of nitrogens with zero attached hydrogens (tertiary/aromatic N) is 3. The Morgan fingerprint density at radius 1 is 1.30 bits per heavy atom. The van der Waals surface area contributed by atoms with Gasteiger partial charge in [0.1, 0.15) is 0 Å². The maximum absolute atomic E-state index is 5.43. The van der Waals surface area contributed by atoms with E-state index in [2.05, 4.69) is 58.6 Å². The zero-order valence-electron chi connectivity index (χ0n) is 14.3. The standard InChI is InChI=1S/C17H25N5O/c1-11-7-15(10-22-6-5-18-12(2)9-22)13(3)16(8-11)19-17-21-20-14(4)23-17/h7-8,12,18H,5-6,9-10H2,1-4H3,(H,19,21)/t12-/m0/s1. The Hall–Kier alpha value is -1.92. The Morgan fingerprint density at radius 2 is 2.13 bits per heavy atom. The van der Waals surface area contributed by atoms with E-state index in [1.165, 1.54) is 16.7 Å². The molecule has 1 saturated heterocycles. The molecule has 23 heavy (non-hydrogen) atoms. The number of hydrogen-bond acceptors (Lipinski definition) is 6. The van der Waals surface area contributed by atoms with Gasteiger partial charge in [0.2, 0.25) is 5.89 Å². The predicted molar refractivity (Wildman–Crippen MR) is 91.0 cm³/mol. The number of benzene rings is 1. The van der Waals surface area contributed by atoms with Crippen molar-refractivity contribution in [3.05, 3.63) is 34.7 Å². The van der Waals surface area contributed by atoms with Gasteiger partial charge in [0.15, 0.2) is 0 Å². The minimum atomic E-state index is 0.443. The number of piperazine rings is 1. The molecule has 124 valence electrons. The van der Waals surface area contributed by atoms with Crippen molar-refractivity contribution >= 4 is 11.7 Å². The van der Waals surface area contributed by atoms with Crippen LogP contribution in [0.15, 0.2) is 16.5 Å². The third kappa shape index (κ3) is 3.89. The second-order valence-corrected chi connectivity index (χ2v) is 6.44. The van der Waals surface area contributed by atoms with Gasteiger partial charge >= 0.3 is 6.01 Å². The average molecular weight is 315 g/mol. The summed E-state index contributed by atoms with van der Waals surface area (Å²) in [5.41, 5.74) is 4.84. The van der Waals surface area contributed by atoms with Crippen LogP contribution in [0, 0.1) is 20.8 Å². The molecule has 0 radical (unpaired) electrons. The predicted octanol–water partition coefficient (Wildman–Crippen LogP) is 2.53. The summed E-state index contributed by atoms with van der Waals surface area (Å²) in [6.45, 7) is 12.5. The second-order valence-electron chi connectivity index (χ2n) is 6.44. The topological polar surface area (TPSA) is 66.2 Å². The van der Waals surface area contributed by atoms with Crippen molar-refractivity contribution in [1.82, 2.24) is 20.4 Å². The summed E-state index contributed by atoms with van der Waals surface area (Å²) in [6.07, 6.45) is 0. The number of aromatic nitrogens is 2. The molecule has 0 saturated carbocycles. The van der Waals surface area contributed by atoms with E-state index in [-0.39, 0.29) is 0 Å². The molecule has 1 fully saturated rings. The van der Waals surface area contributed by atoms with Crippen molar-refractivity contribution in [2.45, 2.75) is 40.3 Å². The van der Waals surface area contributed by atoms with Crippen molar-refractivity contribution in [3.8, 4) is 0 Å². The van der Waals surface area contributed by atoms with Gasteiger partial charge in [-0.2, -0.15) is 0 Å². The Balaban J connectivity index is 1.80. The quantitative estimate of drug-likeness (QED) is 0.904. The maximum atomic E-state index is 5.43. The first-order valence-electron chi connectivity index (χ1n) is 8.14. The molecule has 3 rings (SSSR count). The fourth-order valence-corrected chi connectivity index (χ4v) is 3.09. The third-order valence-corrected chi connectivity index (χ3v) is 4.27. The van der Waals surface area contributed by atoms with Crippen LogP contribution in [-0.2, 0) is 6.54 Å². The van der Waals surface area contributed by atoms with Gasteiger partial charge in [-0.1, -0.05) is 11.2 Å². The number of nitrogens with one attached hydrogen (secondary N) is 2. The molecular weight excluding hydrogens is 290 g/mol. The van der Waals surface area contributed by atoms with Gasteiger partial charge in [-0.25, -0.2) is 0 Å². The normalized spacial score (nSPS) is 19.0. The van der Waals surface area contributed by atoms with Gasteiger partial charge in [-0.15, -0.1) is 5.10 Å². The van der Waals surface area contributed by atoms with E-state index in [4.69, 9.17) is 4.42 Å². The smallest absolute Gasteiger partial charge is 0.320 e. The molecule has 1 aliphatic heterocycles. The molecular formula is C17H25N5O. The molecule has 0 unspecified atom stereocenters. The van der Waals surface area contributed by atoms with Crippen LogP contribution in [0.1, 0.15) is 29.5 Å². The highest BCUT2D eigenvalue weighted by Gasteiger charge is 2.17. The molecule has 0 bridgehead atoms. The van der Waals surface area contributed by atoms with Crippen LogP contribution in [0.4, 0.5) is 11.7 Å². The molecule has 0 spiro atoms. The Labute approximate surface area is 137 Å². The largest absolute Gasteiger partial charge is 0.408 e. The molecule has 2 N–H and O–H groups in total. The van der Waals surface area contributed by atoms with Crippen LogP contribution in [0.2, 0.25) is 0 Å². The van der Waals surface area contributed by atoms with Gasteiger partial charge in [0.25, 0.3) is 0 Å². The lowest BCUT2D eigenvalue weighted by Gasteiger charge is -2.32. The van der Waals surface area contributed by atoms with Crippen LogP contribution in [0.5, 0.6) is 0 Å². The highest BCUT2D eigenvalue weighted by molar-refractivity contribution is 5.61. The number of hydrogen-bond donors (Lipinski definition) is 2. The third-order valence-electron chi connectivity index (χ3n) is 4.27. The summed E-state index contributed by atoms with van der Waals surface area (Å²) in [5.74, 6) is 0.563. The van der Waals surface area contributed by atoms with Gasteiger partial charge in [0.05, 0.1) is 0 Å². The summed E-state index contributed by atoms with van der Waals surface area (Å²) < 4.78 is 5.43. The van der Waals surface area contributed by atoms with Gasteiger partial charge in [-0.05, 0) is 43.5 Å². The van der Waals surface area contributed by atoms with Crippen LogP contribution in [-0.4, -0.2) is 40.8 Å². The van der Waals surface area contributed by atoms with E-state index in [1.54, 1.807) is 6.92 Å². The van der Waals surface area contributed by atoms with Crippen LogP contribution < -0.4 is 10.6 Å². The molecule has 6 heteroatoms. The molecule has 1 aromatic carbocycles. The first-order valence-corrected chi connectivity index (χ1v) is 8.14. The number of anilines is 2. The van der Waals surface area contributed by atoms with E-state index >= 15 is 0 Å². The van der Waals surface area contributed by atoms with E-state index in [1.807, 2.05) is 0 Å². The Bertz CT molecular complexity index is 682. The molecule has 0 aliphatic carbocycles. The minimum Gasteiger partial charge on any atom is -0.408 e. The summed E-state index contributed by atoms with van der Waals surface area (Å²) in [4.78, 5) is 2.50. The average Bonchev–Trinajstić information content (AvgIpc) is 2.89. The number of aryl methyl sites for hydroxylation is 2. The lowest BCUT2D eigenvalue weighted by Crippen LogP contribution is -2.48. The summed E-state index contributed by atoms with van der Waals surface area (Å²) in [7, 11) is 0. The highest BCUT2D eigenvalue weighted by atomic mass is 16.4. The minimum absolute atomic E-state index is 0.443. The van der Waals surface area contributed by atoms with E-state index in [0.717, 1.165) is 31.9 Å². The summed E-state index contributed by atoms with van der Waals surface area (Å²) in [5, 5.41) is 14.6. The summed E-state index contributed by atoms with van der Waals surface area (Å²) in [6, 6.07) is 5.39. The monoisotopic (exact) mass is 315 g/mol. The fourth-order valence-electron chi connectivity index (χ4n) is 3.09. The van der Waals surface area contributed by atoms with Crippen LogP contribution >= 0.6 is 0 Å². The first kappa shape index (κ1) is 16.0. The van der Waals surface area contributed by atoms with Crippen molar-refractivity contribution in [1.29, 1.82) is 0 Å². The number of rotatable bonds is 4. The zero-order chi connectivity index (χ0) is 16.4. The van der Waals surface area contributed by atoms with Gasteiger partial charge in [-0.3, -0.25) is 4.90 Å². The molecule has 2 aromatic rings. The second kappa shape index (κ2) is 6.68. The Kier molecular flexibility index (Phi) is 4.63. The van der Waals surface area contributed by atoms with Crippen molar-refractivity contribution < 1.29 is 4.42 Å². The highest BCUT2D eigenvalue weighted by Crippen LogP contribution is 2.26. The van der Waals surface area contributed by atoms with Crippen LogP contribution in [0.3, 0.4) is 0 Å². The van der Waals surface area contributed by atoms with Crippen molar-refractivity contribution in [2.75, 3.05) is 25.0 Å². The zero-order valence-corrected chi connectivity index (χ0v) is 14.3. The Morgan fingerprint density at radius 3 is 2.83 bits per heavy atom. The molecule has 2 heterocycles. The van der Waals surface area contributed by atoms with E-state index in [9.17, 15) is 0 Å². The van der Waals surface area contributed by atoms with Gasteiger partial charge in [0, 0.05) is 44.8 Å². The van der Waals surface area contributed by atoms with E-state index in [0.29, 0.717) is 17.9 Å². The SMILES string of the molecule is Cc1cc(CN2CCN[C@@H](C)C2)c(C)c(Nc2nnc(C)o2)c1. The van der Waals surface area contributed by atoms with Crippen molar-refractivity contribution in [3.63, 3.8) is 0 Å². The fraction of sp³-hybridized carbons (Fsp3) is 0.529. The summed E-state index contributed by atoms with van der Waals surface area (Å²) >= 11 is 0. The molecule has 1 atom stereocenters. The van der Waals surface area contributed by atoms with Crippen LogP contribution in [0.25, 0.3) is 0 Å².